The standard InChI is InChI=1S/C20H22N4OS/c1-4-24(5-2)19-11-8-16(12-21-19)20(25)23-17-9-6-15(7-10-17)18-13-26-14(3)22-18/h6-13H,4-5H2,1-3H3,(H,23,25). The molecule has 6 heteroatoms. The molecule has 1 aromatic carbocycles. The molecule has 0 bridgehead atoms. The Bertz CT molecular complexity index is 868. The number of carbonyl (C=O) groups is 1. The van der Waals surface area contributed by atoms with Crippen molar-refractivity contribution in [3.63, 3.8) is 0 Å². The summed E-state index contributed by atoms with van der Waals surface area (Å²) in [4.78, 5) is 23.4. The van der Waals surface area contributed by atoms with E-state index in [0.717, 1.165) is 40.9 Å². The number of hydrogen-bond acceptors (Lipinski definition) is 5. The zero-order valence-electron chi connectivity index (χ0n) is 15.2. The van der Waals surface area contributed by atoms with Crippen molar-refractivity contribution in [2.75, 3.05) is 23.3 Å². The fourth-order valence-corrected chi connectivity index (χ4v) is 3.30. The van der Waals surface area contributed by atoms with Gasteiger partial charge in [0.25, 0.3) is 5.91 Å². The molecule has 134 valence electrons. The van der Waals surface area contributed by atoms with Gasteiger partial charge in [-0.1, -0.05) is 12.1 Å². The number of aromatic nitrogens is 2. The average Bonchev–Trinajstić information content (AvgIpc) is 3.10. The predicted octanol–water partition coefficient (Wildman–Crippen LogP) is 4.61. The predicted molar refractivity (Wildman–Crippen MR) is 108 cm³/mol. The zero-order valence-corrected chi connectivity index (χ0v) is 16.0. The van der Waals surface area contributed by atoms with Crippen molar-refractivity contribution in [1.82, 2.24) is 9.97 Å². The Morgan fingerprint density at radius 2 is 1.85 bits per heavy atom. The lowest BCUT2D eigenvalue weighted by Crippen LogP contribution is -2.23. The van der Waals surface area contributed by atoms with Crippen LogP contribution in [0.2, 0.25) is 0 Å². The Hall–Kier alpha value is -2.73. The van der Waals surface area contributed by atoms with E-state index >= 15 is 0 Å². The van der Waals surface area contributed by atoms with Gasteiger partial charge >= 0.3 is 0 Å². The minimum absolute atomic E-state index is 0.166. The lowest BCUT2D eigenvalue weighted by Gasteiger charge is -2.19. The van der Waals surface area contributed by atoms with Gasteiger partial charge in [0.2, 0.25) is 0 Å². The molecule has 26 heavy (non-hydrogen) atoms. The van der Waals surface area contributed by atoms with E-state index in [4.69, 9.17) is 0 Å². The number of pyridine rings is 1. The molecule has 5 nitrogen and oxygen atoms in total. The highest BCUT2D eigenvalue weighted by Crippen LogP contribution is 2.23. The van der Waals surface area contributed by atoms with Gasteiger partial charge < -0.3 is 10.2 Å². The fourth-order valence-electron chi connectivity index (χ4n) is 2.68. The summed E-state index contributed by atoms with van der Waals surface area (Å²) < 4.78 is 0. The van der Waals surface area contributed by atoms with E-state index in [0.29, 0.717) is 5.56 Å². The van der Waals surface area contributed by atoms with Gasteiger partial charge in [0.05, 0.1) is 16.3 Å². The van der Waals surface area contributed by atoms with Crippen molar-refractivity contribution in [2.24, 2.45) is 0 Å². The molecular weight excluding hydrogens is 344 g/mol. The van der Waals surface area contributed by atoms with Gasteiger partial charge in [-0.25, -0.2) is 9.97 Å². The quantitative estimate of drug-likeness (QED) is 0.692. The van der Waals surface area contributed by atoms with Gasteiger partial charge in [-0.3, -0.25) is 4.79 Å². The zero-order chi connectivity index (χ0) is 18.5. The first-order valence-corrected chi connectivity index (χ1v) is 9.53. The van der Waals surface area contributed by atoms with Crippen molar-refractivity contribution < 1.29 is 4.79 Å². The number of anilines is 2. The van der Waals surface area contributed by atoms with Gasteiger partial charge in [-0.05, 0) is 45.0 Å². The van der Waals surface area contributed by atoms with Crippen LogP contribution < -0.4 is 10.2 Å². The van der Waals surface area contributed by atoms with E-state index in [1.54, 1.807) is 17.5 Å². The van der Waals surface area contributed by atoms with Crippen LogP contribution in [0.4, 0.5) is 11.5 Å². The molecule has 0 spiro atoms. The van der Waals surface area contributed by atoms with Gasteiger partial charge in [-0.2, -0.15) is 0 Å². The smallest absolute Gasteiger partial charge is 0.257 e. The number of thiazole rings is 1. The minimum atomic E-state index is -0.166. The highest BCUT2D eigenvalue weighted by atomic mass is 32.1. The fraction of sp³-hybridized carbons (Fsp3) is 0.250. The molecule has 0 aliphatic heterocycles. The summed E-state index contributed by atoms with van der Waals surface area (Å²) in [5.74, 6) is 0.718. The summed E-state index contributed by atoms with van der Waals surface area (Å²) in [6, 6.07) is 11.4. The van der Waals surface area contributed by atoms with Crippen molar-refractivity contribution in [3.8, 4) is 11.3 Å². The Labute approximate surface area is 157 Å². The first-order valence-electron chi connectivity index (χ1n) is 8.65. The summed E-state index contributed by atoms with van der Waals surface area (Å²) in [6.07, 6.45) is 1.62. The van der Waals surface area contributed by atoms with Crippen LogP contribution in [0.5, 0.6) is 0 Å². The number of rotatable bonds is 6. The summed E-state index contributed by atoms with van der Waals surface area (Å²) in [6.45, 7) is 7.94. The van der Waals surface area contributed by atoms with E-state index in [1.807, 2.05) is 48.7 Å². The molecule has 0 radical (unpaired) electrons. The monoisotopic (exact) mass is 366 g/mol. The van der Waals surface area contributed by atoms with Gasteiger partial charge in [0.1, 0.15) is 5.82 Å². The van der Waals surface area contributed by atoms with Crippen LogP contribution in [0, 0.1) is 6.92 Å². The van der Waals surface area contributed by atoms with Crippen LogP contribution in [-0.2, 0) is 0 Å². The number of aryl methyl sites for hydroxylation is 1. The first kappa shape index (κ1) is 18.1. The molecular formula is C20H22N4OS. The van der Waals surface area contributed by atoms with E-state index in [2.05, 4.69) is 34.0 Å². The largest absolute Gasteiger partial charge is 0.357 e. The molecule has 0 saturated carbocycles. The Kier molecular flexibility index (Phi) is 5.63. The van der Waals surface area contributed by atoms with E-state index < -0.39 is 0 Å². The number of nitrogens with one attached hydrogen (secondary N) is 1. The highest BCUT2D eigenvalue weighted by Gasteiger charge is 2.09. The molecule has 1 amide bonds. The number of benzene rings is 1. The van der Waals surface area contributed by atoms with E-state index in [-0.39, 0.29) is 5.91 Å². The molecule has 0 saturated heterocycles. The van der Waals surface area contributed by atoms with Crippen molar-refractivity contribution in [3.05, 3.63) is 58.5 Å². The second kappa shape index (κ2) is 8.10. The Morgan fingerprint density at radius 1 is 1.12 bits per heavy atom. The second-order valence-corrected chi connectivity index (χ2v) is 6.92. The van der Waals surface area contributed by atoms with Crippen LogP contribution in [0.15, 0.2) is 48.0 Å². The van der Waals surface area contributed by atoms with Gasteiger partial charge in [0, 0.05) is 35.9 Å². The molecule has 2 heterocycles. The third kappa shape index (κ3) is 4.08. The maximum absolute atomic E-state index is 12.4. The molecule has 1 N–H and O–H groups in total. The molecule has 0 unspecified atom stereocenters. The number of hydrogen-bond donors (Lipinski definition) is 1. The van der Waals surface area contributed by atoms with Crippen LogP contribution in [0.25, 0.3) is 11.3 Å². The number of amides is 1. The van der Waals surface area contributed by atoms with Crippen LogP contribution in [0.1, 0.15) is 29.2 Å². The molecule has 0 atom stereocenters. The van der Waals surface area contributed by atoms with Crippen LogP contribution in [0.3, 0.4) is 0 Å². The third-order valence-corrected chi connectivity index (χ3v) is 4.93. The van der Waals surface area contributed by atoms with Crippen molar-refractivity contribution in [2.45, 2.75) is 20.8 Å². The van der Waals surface area contributed by atoms with Crippen molar-refractivity contribution in [1.29, 1.82) is 0 Å². The van der Waals surface area contributed by atoms with Crippen LogP contribution in [-0.4, -0.2) is 29.0 Å². The molecule has 0 aliphatic rings. The van der Waals surface area contributed by atoms with Crippen LogP contribution >= 0.6 is 11.3 Å². The Balaban J connectivity index is 1.67. The first-order chi connectivity index (χ1) is 12.6. The highest BCUT2D eigenvalue weighted by molar-refractivity contribution is 7.09. The summed E-state index contributed by atoms with van der Waals surface area (Å²) in [5, 5.41) is 5.98. The Morgan fingerprint density at radius 3 is 2.38 bits per heavy atom. The number of nitrogens with zero attached hydrogens (tertiary/aromatic N) is 3. The minimum Gasteiger partial charge on any atom is -0.357 e. The normalized spacial score (nSPS) is 10.6. The maximum atomic E-state index is 12.4. The molecule has 2 aromatic heterocycles. The van der Waals surface area contributed by atoms with E-state index in [9.17, 15) is 4.79 Å². The average molecular weight is 366 g/mol. The second-order valence-electron chi connectivity index (χ2n) is 5.86. The summed E-state index contributed by atoms with van der Waals surface area (Å²) >= 11 is 1.63. The maximum Gasteiger partial charge on any atom is 0.257 e. The van der Waals surface area contributed by atoms with Gasteiger partial charge in [0.15, 0.2) is 0 Å². The van der Waals surface area contributed by atoms with E-state index in [1.165, 1.54) is 0 Å². The summed E-state index contributed by atoms with van der Waals surface area (Å²) in [5.41, 5.74) is 3.29. The lowest BCUT2D eigenvalue weighted by molar-refractivity contribution is 0.102. The third-order valence-electron chi connectivity index (χ3n) is 4.16. The SMILES string of the molecule is CCN(CC)c1ccc(C(=O)Nc2ccc(-c3csc(C)n3)cc2)cn1. The van der Waals surface area contributed by atoms with Gasteiger partial charge in [-0.15, -0.1) is 11.3 Å². The van der Waals surface area contributed by atoms with Crippen molar-refractivity contribution >= 4 is 28.7 Å². The topological polar surface area (TPSA) is 58.1 Å². The molecule has 0 aliphatic carbocycles. The summed E-state index contributed by atoms with van der Waals surface area (Å²) in [7, 11) is 0. The molecule has 0 fully saturated rings. The molecule has 3 rings (SSSR count). The molecule has 3 aromatic rings. The number of carbonyl (C=O) groups excluding carboxylic acids is 1. The lowest BCUT2D eigenvalue weighted by atomic mass is 10.1.